The van der Waals surface area contributed by atoms with E-state index in [1.54, 1.807) is 5.01 Å². The molecule has 0 amide bonds. The van der Waals surface area contributed by atoms with Crippen LogP contribution in [0.5, 0.6) is 0 Å². The van der Waals surface area contributed by atoms with Crippen LogP contribution < -0.4 is 21.9 Å². The number of hydrogen-bond acceptors (Lipinski definition) is 5. The van der Waals surface area contributed by atoms with Gasteiger partial charge < -0.3 is 11.1 Å². The summed E-state index contributed by atoms with van der Waals surface area (Å²) in [7, 11) is 0. The Morgan fingerprint density at radius 3 is 1.22 bits per heavy atom. The van der Waals surface area contributed by atoms with Gasteiger partial charge in [0, 0.05) is 11.2 Å². The molecule has 8 aromatic rings. The number of anilines is 3. The maximum atomic E-state index is 7.77. The minimum absolute atomic E-state index is 0.0737. The second kappa shape index (κ2) is 17.3. The lowest BCUT2D eigenvalue weighted by atomic mass is 9.76. The molecule has 0 radical (unpaired) electrons. The third kappa shape index (κ3) is 7.17. The zero-order valence-electron chi connectivity index (χ0n) is 32.2. The summed E-state index contributed by atoms with van der Waals surface area (Å²) in [5.74, 6) is 8.78. The molecule has 58 heavy (non-hydrogen) atoms. The van der Waals surface area contributed by atoms with Gasteiger partial charge in [-0.05, 0) is 57.0 Å². The molecule has 0 saturated heterocycles. The van der Waals surface area contributed by atoms with Gasteiger partial charge in [-0.2, -0.15) is 0 Å². The van der Waals surface area contributed by atoms with Gasteiger partial charge >= 0.3 is 0 Å². The fourth-order valence-electron chi connectivity index (χ4n) is 8.48. The molecule has 8 rings (SSSR count). The van der Waals surface area contributed by atoms with Crippen molar-refractivity contribution in [3.63, 3.8) is 0 Å². The first-order chi connectivity index (χ1) is 28.6. The Balaban J connectivity index is 1.45. The summed E-state index contributed by atoms with van der Waals surface area (Å²) in [5, 5.41) is 6.62. The Bertz CT molecular complexity index is 2310. The Kier molecular flexibility index (Phi) is 11.5. The van der Waals surface area contributed by atoms with E-state index in [1.807, 2.05) is 24.3 Å². The summed E-state index contributed by atoms with van der Waals surface area (Å²) in [6, 6.07) is 75.6. The third-order valence-electron chi connectivity index (χ3n) is 11.1. The number of nitrogens with zero attached hydrogens (tertiary/aromatic N) is 2. The molecule has 286 valence electrons. The Labute approximate surface area is 350 Å². The molecule has 0 bridgehead atoms. The van der Waals surface area contributed by atoms with Gasteiger partial charge in [-0.15, -0.1) is 0 Å². The molecular weight excluding hydrogens is 775 g/mol. The zero-order valence-corrected chi connectivity index (χ0v) is 33.8. The maximum absolute atomic E-state index is 7.77. The topological polar surface area (TPSA) is 80.2 Å². The van der Waals surface area contributed by atoms with Crippen molar-refractivity contribution in [3.8, 4) is 0 Å². The van der Waals surface area contributed by atoms with E-state index in [1.165, 1.54) is 0 Å². The summed E-state index contributed by atoms with van der Waals surface area (Å²) < 4.78 is 0. The van der Waals surface area contributed by atoms with E-state index >= 15 is 0 Å². The SMILES string of the molecule is Nc1c(C(CCBr)c2ccccc2)cc(NC(c2ccccc2)(c2ccccc2)c2ccccc2)nc1N(N)C(c1ccccc1)(c1ccccc1)c1ccccc1. The first-order valence-corrected chi connectivity index (χ1v) is 20.8. The van der Waals surface area contributed by atoms with Crippen LogP contribution in [0.1, 0.15) is 56.8 Å². The Hall–Kier alpha value is -6.47. The first kappa shape index (κ1) is 38.4. The van der Waals surface area contributed by atoms with Crippen LogP contribution in [0.4, 0.5) is 17.3 Å². The predicted octanol–water partition coefficient (Wildman–Crippen LogP) is 11.7. The molecule has 0 aliphatic carbocycles. The fourth-order valence-corrected chi connectivity index (χ4v) is 8.94. The lowest BCUT2D eigenvalue weighted by Crippen LogP contribution is -2.53. The molecule has 7 aromatic carbocycles. The first-order valence-electron chi connectivity index (χ1n) is 19.6. The van der Waals surface area contributed by atoms with Gasteiger partial charge in [0.1, 0.15) is 16.9 Å². The van der Waals surface area contributed by atoms with Crippen LogP contribution in [0.3, 0.4) is 0 Å². The van der Waals surface area contributed by atoms with Crippen molar-refractivity contribution in [3.05, 3.63) is 263 Å². The van der Waals surface area contributed by atoms with Gasteiger partial charge in [-0.25, -0.2) is 10.8 Å². The molecule has 1 aromatic heterocycles. The highest BCUT2D eigenvalue weighted by Crippen LogP contribution is 2.48. The van der Waals surface area contributed by atoms with Crippen LogP contribution in [-0.2, 0) is 11.1 Å². The van der Waals surface area contributed by atoms with E-state index in [4.69, 9.17) is 16.6 Å². The van der Waals surface area contributed by atoms with Crippen molar-refractivity contribution in [2.45, 2.75) is 23.4 Å². The predicted molar refractivity (Wildman–Crippen MR) is 244 cm³/mol. The number of rotatable bonds is 14. The third-order valence-corrected chi connectivity index (χ3v) is 11.6. The number of aromatic nitrogens is 1. The monoisotopic (exact) mass is 819 g/mol. The van der Waals surface area contributed by atoms with Crippen molar-refractivity contribution >= 4 is 33.3 Å². The van der Waals surface area contributed by atoms with E-state index in [2.05, 4.69) is 215 Å². The van der Waals surface area contributed by atoms with Gasteiger partial charge in [-0.3, -0.25) is 5.01 Å². The van der Waals surface area contributed by atoms with E-state index in [0.717, 1.165) is 56.3 Å². The van der Waals surface area contributed by atoms with E-state index in [9.17, 15) is 0 Å². The van der Waals surface area contributed by atoms with Gasteiger partial charge in [-0.1, -0.05) is 228 Å². The number of pyridine rings is 1. The normalized spacial score (nSPS) is 12.1. The van der Waals surface area contributed by atoms with E-state index in [0.29, 0.717) is 17.3 Å². The van der Waals surface area contributed by atoms with Crippen LogP contribution in [0, 0.1) is 0 Å². The van der Waals surface area contributed by atoms with Gasteiger partial charge in [0.05, 0.1) is 5.69 Å². The second-order valence-corrected chi connectivity index (χ2v) is 15.2. The van der Waals surface area contributed by atoms with Gasteiger partial charge in [0.15, 0.2) is 5.82 Å². The number of hydrazine groups is 1. The number of halogens is 1. The molecule has 5 N–H and O–H groups in total. The van der Waals surface area contributed by atoms with Crippen molar-refractivity contribution in [1.82, 2.24) is 4.98 Å². The van der Waals surface area contributed by atoms with E-state index in [-0.39, 0.29) is 5.92 Å². The lowest BCUT2D eigenvalue weighted by molar-refractivity contribution is 0.565. The molecule has 0 fully saturated rings. The molecule has 5 nitrogen and oxygen atoms in total. The van der Waals surface area contributed by atoms with Crippen LogP contribution in [0.15, 0.2) is 218 Å². The quantitative estimate of drug-likeness (QED) is 0.0441. The van der Waals surface area contributed by atoms with Gasteiger partial charge in [0.2, 0.25) is 0 Å². The number of nitrogens with one attached hydrogen (secondary N) is 1. The van der Waals surface area contributed by atoms with Crippen LogP contribution >= 0.6 is 15.9 Å². The van der Waals surface area contributed by atoms with Crippen molar-refractivity contribution in [2.75, 3.05) is 21.4 Å². The van der Waals surface area contributed by atoms with Crippen molar-refractivity contribution < 1.29 is 0 Å². The maximum Gasteiger partial charge on any atom is 0.170 e. The number of nitrogens with two attached hydrogens (primary N) is 2. The molecular formula is C52H46BrN5. The number of hydrogen-bond donors (Lipinski definition) is 3. The molecule has 0 saturated carbocycles. The summed E-state index contributed by atoms with van der Waals surface area (Å²) in [5.41, 5.74) is 14.3. The fraction of sp³-hybridized carbons (Fsp3) is 0.0962. The molecule has 1 atom stereocenters. The summed E-state index contributed by atoms with van der Waals surface area (Å²) in [4.78, 5) is 5.53. The van der Waals surface area contributed by atoms with Crippen LogP contribution in [0.2, 0.25) is 0 Å². The summed E-state index contributed by atoms with van der Waals surface area (Å²) in [6.45, 7) is 0. The molecule has 0 spiro atoms. The number of nitrogen functional groups attached to an aromatic ring is 1. The van der Waals surface area contributed by atoms with Gasteiger partial charge in [0.25, 0.3) is 0 Å². The molecule has 6 heteroatoms. The van der Waals surface area contributed by atoms with Crippen LogP contribution in [-0.4, -0.2) is 10.3 Å². The highest BCUT2D eigenvalue weighted by Gasteiger charge is 2.44. The molecule has 0 aliphatic heterocycles. The average molecular weight is 821 g/mol. The van der Waals surface area contributed by atoms with E-state index < -0.39 is 11.1 Å². The number of alkyl halides is 1. The molecule has 1 unspecified atom stereocenters. The average Bonchev–Trinajstić information content (AvgIpc) is 3.30. The Morgan fingerprint density at radius 2 is 0.862 bits per heavy atom. The smallest absolute Gasteiger partial charge is 0.170 e. The molecule has 1 heterocycles. The summed E-state index contributed by atoms with van der Waals surface area (Å²) in [6.07, 6.45) is 0.796. The summed E-state index contributed by atoms with van der Waals surface area (Å²) >= 11 is 3.79. The number of benzene rings is 7. The lowest BCUT2D eigenvalue weighted by Gasteiger charge is -2.44. The van der Waals surface area contributed by atoms with Crippen molar-refractivity contribution in [2.24, 2.45) is 5.84 Å². The highest BCUT2D eigenvalue weighted by molar-refractivity contribution is 9.09. The minimum atomic E-state index is -1.03. The minimum Gasteiger partial charge on any atom is -0.395 e. The largest absolute Gasteiger partial charge is 0.395 e. The second-order valence-electron chi connectivity index (χ2n) is 14.4. The van der Waals surface area contributed by atoms with Crippen molar-refractivity contribution in [1.29, 1.82) is 0 Å². The van der Waals surface area contributed by atoms with Crippen LogP contribution in [0.25, 0.3) is 0 Å². The zero-order chi connectivity index (χ0) is 39.8. The molecule has 0 aliphatic rings. The Morgan fingerprint density at radius 1 is 0.517 bits per heavy atom. The highest BCUT2D eigenvalue weighted by atomic mass is 79.9. The standard InChI is InChI=1S/C52H46BrN5/c53-37-36-46(39-22-8-1-9-23-39)47-38-48(57-51(40-24-10-2-11-25-40,41-26-12-3-13-27-41)42-28-14-4-15-29-42)56-50(49(47)54)58(55)52(43-30-16-5-17-31-43,44-32-18-6-19-33-44)45-34-20-7-21-35-45/h1-35,38,46H,36-37,54-55H2,(H,56,57).